The first-order chi connectivity index (χ1) is 13.1. The van der Waals surface area contributed by atoms with E-state index in [1.54, 1.807) is 5.56 Å². The minimum absolute atomic E-state index is 0. The molecule has 3 atom stereocenters. The number of hydrogen-bond donors (Lipinski definition) is 1. The number of likely N-dealkylation sites (tertiary alicyclic amines) is 1. The molecular formula is C23H35ClN2O2. The van der Waals surface area contributed by atoms with Crippen LogP contribution < -0.4 is 5.73 Å². The van der Waals surface area contributed by atoms with E-state index in [0.29, 0.717) is 11.3 Å². The van der Waals surface area contributed by atoms with E-state index in [9.17, 15) is 4.79 Å². The average molecular weight is 407 g/mol. The molecule has 1 saturated carbocycles. The Labute approximate surface area is 175 Å². The number of hydrogen-bond acceptors (Lipinski definition) is 3. The van der Waals surface area contributed by atoms with Gasteiger partial charge in [0.05, 0.1) is 6.10 Å². The summed E-state index contributed by atoms with van der Waals surface area (Å²) in [5.41, 5.74) is 9.62. The SMILES string of the molecule is CCCO[C@@H]1C[C@@H](C(=O)N2CCC3(CCc4ccccc43)CC2)CC[C@H]1N.Cl. The highest BCUT2D eigenvalue weighted by Crippen LogP contribution is 2.46. The van der Waals surface area contributed by atoms with E-state index < -0.39 is 0 Å². The molecule has 156 valence electrons. The molecule has 2 fully saturated rings. The fourth-order valence-corrected chi connectivity index (χ4v) is 5.53. The molecule has 5 heteroatoms. The van der Waals surface area contributed by atoms with E-state index in [2.05, 4.69) is 36.1 Å². The summed E-state index contributed by atoms with van der Waals surface area (Å²) in [6.45, 7) is 4.65. The van der Waals surface area contributed by atoms with Crippen molar-refractivity contribution in [1.29, 1.82) is 0 Å². The summed E-state index contributed by atoms with van der Waals surface area (Å²) in [6, 6.07) is 9.01. The second kappa shape index (κ2) is 9.15. The zero-order chi connectivity index (χ0) is 18.9. The molecule has 0 aromatic heterocycles. The third-order valence-electron chi connectivity index (χ3n) is 7.22. The highest BCUT2D eigenvalue weighted by Gasteiger charge is 2.43. The number of nitrogens with two attached hydrogens (primary N) is 1. The quantitative estimate of drug-likeness (QED) is 0.826. The molecule has 1 spiro atoms. The first-order valence-corrected chi connectivity index (χ1v) is 10.9. The van der Waals surface area contributed by atoms with Gasteiger partial charge in [0, 0.05) is 31.7 Å². The Morgan fingerprint density at radius 3 is 2.71 bits per heavy atom. The Kier molecular flexibility index (Phi) is 7.06. The van der Waals surface area contributed by atoms with Gasteiger partial charge in [-0.3, -0.25) is 4.79 Å². The van der Waals surface area contributed by atoms with Crippen molar-refractivity contribution in [3.8, 4) is 0 Å². The fraction of sp³-hybridized carbons (Fsp3) is 0.696. The molecule has 1 aromatic rings. The highest BCUT2D eigenvalue weighted by atomic mass is 35.5. The summed E-state index contributed by atoms with van der Waals surface area (Å²) in [5, 5.41) is 0. The van der Waals surface area contributed by atoms with Gasteiger partial charge in [-0.15, -0.1) is 12.4 Å². The van der Waals surface area contributed by atoms with Gasteiger partial charge >= 0.3 is 0 Å². The molecule has 3 aliphatic rings. The number of rotatable bonds is 4. The maximum atomic E-state index is 13.2. The third-order valence-corrected chi connectivity index (χ3v) is 7.22. The minimum Gasteiger partial charge on any atom is -0.377 e. The van der Waals surface area contributed by atoms with Gasteiger partial charge in [0.25, 0.3) is 0 Å². The molecule has 0 unspecified atom stereocenters. The van der Waals surface area contributed by atoms with Gasteiger partial charge in [0.15, 0.2) is 0 Å². The first kappa shape index (κ1) is 21.6. The summed E-state index contributed by atoms with van der Waals surface area (Å²) < 4.78 is 5.93. The largest absolute Gasteiger partial charge is 0.377 e. The van der Waals surface area contributed by atoms with E-state index >= 15 is 0 Å². The predicted molar refractivity (Wildman–Crippen MR) is 115 cm³/mol. The number of halogens is 1. The van der Waals surface area contributed by atoms with Gasteiger partial charge in [-0.05, 0) is 67.9 Å². The summed E-state index contributed by atoms with van der Waals surface area (Å²) in [5.74, 6) is 0.435. The van der Waals surface area contributed by atoms with Gasteiger partial charge in [-0.2, -0.15) is 0 Å². The van der Waals surface area contributed by atoms with Crippen molar-refractivity contribution in [2.75, 3.05) is 19.7 Å². The normalized spacial score (nSPS) is 28.6. The zero-order valence-electron chi connectivity index (χ0n) is 17.1. The predicted octanol–water partition coefficient (Wildman–Crippen LogP) is 3.84. The van der Waals surface area contributed by atoms with Crippen molar-refractivity contribution < 1.29 is 9.53 Å². The Balaban J connectivity index is 0.00000225. The summed E-state index contributed by atoms with van der Waals surface area (Å²) in [7, 11) is 0. The second-order valence-electron chi connectivity index (χ2n) is 8.85. The molecule has 2 N–H and O–H groups in total. The molecule has 1 aromatic carbocycles. The first-order valence-electron chi connectivity index (χ1n) is 10.9. The lowest BCUT2D eigenvalue weighted by atomic mass is 9.73. The molecule has 1 aliphatic heterocycles. The summed E-state index contributed by atoms with van der Waals surface area (Å²) >= 11 is 0. The van der Waals surface area contributed by atoms with Crippen molar-refractivity contribution in [2.24, 2.45) is 11.7 Å². The van der Waals surface area contributed by atoms with Crippen LogP contribution in [0, 0.1) is 5.92 Å². The summed E-state index contributed by atoms with van der Waals surface area (Å²) in [4.78, 5) is 15.3. The smallest absolute Gasteiger partial charge is 0.225 e. The number of amides is 1. The highest BCUT2D eigenvalue weighted by molar-refractivity contribution is 5.85. The van der Waals surface area contributed by atoms with Crippen molar-refractivity contribution in [2.45, 2.75) is 75.9 Å². The number of carbonyl (C=O) groups excluding carboxylic acids is 1. The maximum Gasteiger partial charge on any atom is 0.225 e. The van der Waals surface area contributed by atoms with E-state index in [4.69, 9.17) is 10.5 Å². The van der Waals surface area contributed by atoms with Crippen LogP contribution in [0.1, 0.15) is 63.0 Å². The number of ether oxygens (including phenoxy) is 1. The van der Waals surface area contributed by atoms with Gasteiger partial charge in [0.1, 0.15) is 0 Å². The topological polar surface area (TPSA) is 55.6 Å². The van der Waals surface area contributed by atoms with E-state index in [1.807, 2.05) is 0 Å². The van der Waals surface area contributed by atoms with Crippen LogP contribution in [0.15, 0.2) is 24.3 Å². The third kappa shape index (κ3) is 4.10. The zero-order valence-corrected chi connectivity index (χ0v) is 17.9. The van der Waals surface area contributed by atoms with E-state index in [-0.39, 0.29) is 30.5 Å². The number of benzene rings is 1. The number of piperidine rings is 1. The van der Waals surface area contributed by atoms with E-state index in [1.165, 1.54) is 18.4 Å². The lowest BCUT2D eigenvalue weighted by Gasteiger charge is -2.42. The van der Waals surface area contributed by atoms with Gasteiger partial charge in [0.2, 0.25) is 5.91 Å². The molecule has 4 rings (SSSR count). The van der Waals surface area contributed by atoms with Crippen molar-refractivity contribution in [3.05, 3.63) is 35.4 Å². The Hall–Kier alpha value is -1.10. The van der Waals surface area contributed by atoms with Gasteiger partial charge < -0.3 is 15.4 Å². The molecule has 0 radical (unpaired) electrons. The molecule has 28 heavy (non-hydrogen) atoms. The average Bonchev–Trinajstić information content (AvgIpc) is 3.06. The Morgan fingerprint density at radius 1 is 1.21 bits per heavy atom. The molecule has 1 heterocycles. The molecule has 1 saturated heterocycles. The van der Waals surface area contributed by atoms with E-state index in [0.717, 1.165) is 58.2 Å². The Bertz CT molecular complexity index is 672. The van der Waals surface area contributed by atoms with Crippen LogP contribution in [0.25, 0.3) is 0 Å². The van der Waals surface area contributed by atoms with Gasteiger partial charge in [-0.1, -0.05) is 31.2 Å². The number of aryl methyl sites for hydroxylation is 1. The van der Waals surface area contributed by atoms with Crippen molar-refractivity contribution in [1.82, 2.24) is 4.90 Å². The molecular weight excluding hydrogens is 372 g/mol. The van der Waals surface area contributed by atoms with Crippen LogP contribution in [0.5, 0.6) is 0 Å². The van der Waals surface area contributed by atoms with Crippen LogP contribution in [-0.4, -0.2) is 42.6 Å². The lowest BCUT2D eigenvalue weighted by Crippen LogP contribution is -2.50. The maximum absolute atomic E-state index is 13.2. The number of fused-ring (bicyclic) bond motifs is 2. The Morgan fingerprint density at radius 2 is 1.96 bits per heavy atom. The van der Waals surface area contributed by atoms with Crippen molar-refractivity contribution >= 4 is 18.3 Å². The van der Waals surface area contributed by atoms with Crippen LogP contribution in [0.4, 0.5) is 0 Å². The molecule has 0 bridgehead atoms. The van der Waals surface area contributed by atoms with Gasteiger partial charge in [-0.25, -0.2) is 0 Å². The van der Waals surface area contributed by atoms with Crippen LogP contribution in [-0.2, 0) is 21.4 Å². The number of nitrogens with zero attached hydrogens (tertiary/aromatic N) is 1. The van der Waals surface area contributed by atoms with Crippen LogP contribution in [0.3, 0.4) is 0 Å². The molecule has 2 aliphatic carbocycles. The standard InChI is InChI=1S/C23H34N2O2.ClH/c1-2-15-27-21-16-18(7-8-20(21)24)22(26)25-13-11-23(12-14-25)10-9-17-5-3-4-6-19(17)23;/h3-6,18,20-21H,2,7-16,24H2,1H3;1H/t18-,20+,21+;/m0./s1. The summed E-state index contributed by atoms with van der Waals surface area (Å²) in [6.07, 6.45) is 8.32. The molecule has 4 nitrogen and oxygen atoms in total. The van der Waals surface area contributed by atoms with Crippen LogP contribution in [0.2, 0.25) is 0 Å². The van der Waals surface area contributed by atoms with Crippen LogP contribution >= 0.6 is 12.4 Å². The minimum atomic E-state index is 0. The fourth-order valence-electron chi connectivity index (χ4n) is 5.53. The molecule has 1 amide bonds. The van der Waals surface area contributed by atoms with Crippen molar-refractivity contribution in [3.63, 3.8) is 0 Å². The monoisotopic (exact) mass is 406 g/mol. The lowest BCUT2D eigenvalue weighted by molar-refractivity contribution is -0.140. The number of carbonyl (C=O) groups is 1. The second-order valence-corrected chi connectivity index (χ2v) is 8.85.